The summed E-state index contributed by atoms with van der Waals surface area (Å²) in [6, 6.07) is 0.190. The van der Waals surface area contributed by atoms with E-state index in [0.717, 1.165) is 35.6 Å². The standard InChI is InChI=1S/C15H19N5O/c16-15-18-12(6-9-1-2-9)13-14(19-15)20(8-17-13)11-4-3-10(5-11)7-21/h3-4,8-11,21H,1-2,5-7H2,(H2,16,18,19)/t10-,11?/m1/s1. The van der Waals surface area contributed by atoms with Gasteiger partial charge in [0.15, 0.2) is 5.65 Å². The van der Waals surface area contributed by atoms with Crippen LogP contribution in [0.5, 0.6) is 0 Å². The van der Waals surface area contributed by atoms with E-state index in [2.05, 4.69) is 31.7 Å². The molecule has 110 valence electrons. The van der Waals surface area contributed by atoms with Gasteiger partial charge in [0.05, 0.1) is 18.1 Å². The van der Waals surface area contributed by atoms with E-state index < -0.39 is 0 Å². The van der Waals surface area contributed by atoms with E-state index in [-0.39, 0.29) is 18.6 Å². The topological polar surface area (TPSA) is 89.8 Å². The van der Waals surface area contributed by atoms with Gasteiger partial charge in [-0.25, -0.2) is 9.97 Å². The predicted molar refractivity (Wildman–Crippen MR) is 79.5 cm³/mol. The Bertz CT molecular complexity index is 703. The Morgan fingerprint density at radius 2 is 2.14 bits per heavy atom. The van der Waals surface area contributed by atoms with Crippen LogP contribution in [-0.4, -0.2) is 31.2 Å². The second-order valence-corrected chi connectivity index (χ2v) is 6.13. The van der Waals surface area contributed by atoms with Gasteiger partial charge in [-0.15, -0.1) is 0 Å². The third-order valence-corrected chi connectivity index (χ3v) is 4.43. The minimum Gasteiger partial charge on any atom is -0.396 e. The van der Waals surface area contributed by atoms with Crippen LogP contribution in [-0.2, 0) is 6.42 Å². The molecule has 0 spiro atoms. The molecule has 0 radical (unpaired) electrons. The highest BCUT2D eigenvalue weighted by molar-refractivity contribution is 5.75. The summed E-state index contributed by atoms with van der Waals surface area (Å²) in [5.74, 6) is 1.27. The summed E-state index contributed by atoms with van der Waals surface area (Å²) < 4.78 is 2.05. The lowest BCUT2D eigenvalue weighted by molar-refractivity contribution is 0.244. The van der Waals surface area contributed by atoms with Gasteiger partial charge < -0.3 is 15.4 Å². The first-order valence-electron chi connectivity index (χ1n) is 7.52. The number of aromatic nitrogens is 4. The molecule has 2 atom stereocenters. The number of hydrogen-bond donors (Lipinski definition) is 2. The number of aliphatic hydroxyl groups excluding tert-OH is 1. The minimum absolute atomic E-state index is 0.184. The van der Waals surface area contributed by atoms with E-state index in [4.69, 9.17) is 5.73 Å². The summed E-state index contributed by atoms with van der Waals surface area (Å²) in [4.78, 5) is 13.3. The molecule has 3 N–H and O–H groups in total. The number of nitrogens with two attached hydrogens (primary N) is 1. The lowest BCUT2D eigenvalue weighted by atomic mass is 10.1. The van der Waals surface area contributed by atoms with Gasteiger partial charge in [0.1, 0.15) is 5.52 Å². The lowest BCUT2D eigenvalue weighted by Crippen LogP contribution is -2.09. The van der Waals surface area contributed by atoms with Crippen molar-refractivity contribution in [2.24, 2.45) is 11.8 Å². The van der Waals surface area contributed by atoms with Gasteiger partial charge in [-0.1, -0.05) is 12.2 Å². The second kappa shape index (κ2) is 4.80. The average Bonchev–Trinajstić information content (AvgIpc) is 3.01. The van der Waals surface area contributed by atoms with Crippen molar-refractivity contribution < 1.29 is 5.11 Å². The number of nitrogen functional groups attached to an aromatic ring is 1. The first-order chi connectivity index (χ1) is 10.2. The van der Waals surface area contributed by atoms with E-state index in [9.17, 15) is 5.11 Å². The fourth-order valence-corrected chi connectivity index (χ4v) is 3.07. The molecule has 0 saturated heterocycles. The van der Waals surface area contributed by atoms with Crippen LogP contribution in [0.1, 0.15) is 31.0 Å². The second-order valence-electron chi connectivity index (χ2n) is 6.13. The molecule has 0 aromatic carbocycles. The van der Waals surface area contributed by atoms with Crippen LogP contribution in [0, 0.1) is 11.8 Å². The van der Waals surface area contributed by atoms with Crippen molar-refractivity contribution in [3.63, 3.8) is 0 Å². The maximum atomic E-state index is 9.27. The number of fused-ring (bicyclic) bond motifs is 1. The summed E-state index contributed by atoms with van der Waals surface area (Å²) >= 11 is 0. The minimum atomic E-state index is 0.184. The maximum Gasteiger partial charge on any atom is 0.222 e. The Morgan fingerprint density at radius 1 is 1.29 bits per heavy atom. The summed E-state index contributed by atoms with van der Waals surface area (Å²) in [5, 5.41) is 9.27. The van der Waals surface area contributed by atoms with Crippen LogP contribution >= 0.6 is 0 Å². The smallest absolute Gasteiger partial charge is 0.222 e. The zero-order chi connectivity index (χ0) is 14.4. The Balaban J connectivity index is 1.73. The van der Waals surface area contributed by atoms with Gasteiger partial charge >= 0.3 is 0 Å². The molecule has 1 unspecified atom stereocenters. The summed E-state index contributed by atoms with van der Waals surface area (Å²) in [5.41, 5.74) is 8.54. The number of allylic oxidation sites excluding steroid dienone is 1. The number of imidazole rings is 1. The molecule has 4 rings (SSSR count). The molecule has 1 fully saturated rings. The predicted octanol–water partition coefficient (Wildman–Crippen LogP) is 1.47. The highest BCUT2D eigenvalue weighted by Gasteiger charge is 2.26. The third-order valence-electron chi connectivity index (χ3n) is 4.43. The number of nitrogens with zero attached hydrogens (tertiary/aromatic N) is 4. The van der Waals surface area contributed by atoms with E-state index in [1.54, 1.807) is 0 Å². The SMILES string of the molecule is Nc1nc(CC2CC2)c2ncn(C3C=C[C@@H](CO)C3)c2n1. The van der Waals surface area contributed by atoms with Crippen molar-refractivity contribution in [2.45, 2.75) is 31.7 Å². The van der Waals surface area contributed by atoms with Crippen LogP contribution < -0.4 is 5.73 Å². The first kappa shape index (κ1) is 12.8. The molecule has 2 aliphatic rings. The Hall–Kier alpha value is -1.95. The van der Waals surface area contributed by atoms with E-state index in [1.165, 1.54) is 12.8 Å². The lowest BCUT2D eigenvalue weighted by Gasteiger charge is -2.13. The molecule has 21 heavy (non-hydrogen) atoms. The van der Waals surface area contributed by atoms with Crippen molar-refractivity contribution in [3.8, 4) is 0 Å². The van der Waals surface area contributed by atoms with E-state index in [1.807, 2.05) is 6.33 Å². The first-order valence-corrected chi connectivity index (χ1v) is 7.52. The van der Waals surface area contributed by atoms with Crippen molar-refractivity contribution in [2.75, 3.05) is 12.3 Å². The number of hydrogen-bond acceptors (Lipinski definition) is 5. The number of rotatable bonds is 4. The monoisotopic (exact) mass is 285 g/mol. The summed E-state index contributed by atoms with van der Waals surface area (Å²) in [7, 11) is 0. The van der Waals surface area contributed by atoms with Gasteiger partial charge in [-0.3, -0.25) is 0 Å². The fourth-order valence-electron chi connectivity index (χ4n) is 3.07. The quantitative estimate of drug-likeness (QED) is 0.830. The molecule has 0 aliphatic heterocycles. The van der Waals surface area contributed by atoms with Crippen LogP contribution in [0.4, 0.5) is 5.95 Å². The van der Waals surface area contributed by atoms with Crippen molar-refractivity contribution in [3.05, 3.63) is 24.2 Å². The van der Waals surface area contributed by atoms with Crippen LogP contribution in [0.2, 0.25) is 0 Å². The van der Waals surface area contributed by atoms with Crippen LogP contribution in [0.25, 0.3) is 11.2 Å². The van der Waals surface area contributed by atoms with Gasteiger partial charge in [0.2, 0.25) is 5.95 Å². The van der Waals surface area contributed by atoms with E-state index in [0.29, 0.717) is 5.95 Å². The van der Waals surface area contributed by atoms with Gasteiger partial charge in [-0.2, -0.15) is 4.98 Å². The Labute approximate surface area is 122 Å². The summed E-state index contributed by atoms with van der Waals surface area (Å²) in [6.45, 7) is 0.184. The van der Waals surface area contributed by atoms with Crippen molar-refractivity contribution in [1.29, 1.82) is 0 Å². The molecule has 0 amide bonds. The number of aliphatic hydroxyl groups is 1. The van der Waals surface area contributed by atoms with Crippen molar-refractivity contribution in [1.82, 2.24) is 19.5 Å². The molecule has 2 heterocycles. The molecule has 6 heteroatoms. The zero-order valence-corrected chi connectivity index (χ0v) is 11.8. The maximum absolute atomic E-state index is 9.27. The molecule has 2 aliphatic carbocycles. The van der Waals surface area contributed by atoms with Crippen LogP contribution in [0.3, 0.4) is 0 Å². The normalized spacial score (nSPS) is 25.0. The number of anilines is 1. The van der Waals surface area contributed by atoms with Crippen LogP contribution in [0.15, 0.2) is 18.5 Å². The average molecular weight is 285 g/mol. The molecule has 2 aromatic heterocycles. The van der Waals surface area contributed by atoms with Gasteiger partial charge in [0.25, 0.3) is 0 Å². The molecular weight excluding hydrogens is 266 g/mol. The molecule has 2 aromatic rings. The largest absolute Gasteiger partial charge is 0.396 e. The molecule has 6 nitrogen and oxygen atoms in total. The zero-order valence-electron chi connectivity index (χ0n) is 11.8. The molecule has 0 bridgehead atoms. The van der Waals surface area contributed by atoms with Gasteiger partial charge in [0, 0.05) is 12.5 Å². The van der Waals surface area contributed by atoms with Gasteiger partial charge in [-0.05, 0) is 31.6 Å². The molecular formula is C15H19N5O. The fraction of sp³-hybridized carbons (Fsp3) is 0.533. The van der Waals surface area contributed by atoms with E-state index >= 15 is 0 Å². The molecule has 1 saturated carbocycles. The van der Waals surface area contributed by atoms with Crippen molar-refractivity contribution >= 4 is 17.1 Å². The highest BCUT2D eigenvalue weighted by atomic mass is 16.3. The summed E-state index contributed by atoms with van der Waals surface area (Å²) in [6.07, 6.45) is 10.4. The highest BCUT2D eigenvalue weighted by Crippen LogP contribution is 2.35. The Morgan fingerprint density at radius 3 is 2.86 bits per heavy atom. The third kappa shape index (κ3) is 2.29. The Kier molecular flexibility index (Phi) is 2.92.